The first-order chi connectivity index (χ1) is 19.2. The van der Waals surface area contributed by atoms with E-state index in [2.05, 4.69) is 41.5 Å². The standard InChI is InChI=1S/C14H26O3.C9H19NO2.C7H16.C3H6O2/c1-4-13(10-12(3)15)8-6-5-7-11(2)9-14(16)17;1-3-5-7-10(6-4-2)8-9(11)12;1-4-6-7(3)5-2;1-2-3(4)5/h11,13H,4-10H2,1-3H3,(H,16,17);3-8H2,1-2H3,(H,11,12);7H,4-6H2,1-3H3;2H2,1H3,(H,4,5)/t;;7-;/m..1./s1. The highest BCUT2D eigenvalue weighted by Crippen LogP contribution is 2.20. The molecule has 0 aromatic rings. The largest absolute Gasteiger partial charge is 0.481 e. The van der Waals surface area contributed by atoms with Gasteiger partial charge in [0.15, 0.2) is 0 Å². The van der Waals surface area contributed by atoms with Crippen LogP contribution in [0.15, 0.2) is 0 Å². The van der Waals surface area contributed by atoms with Crippen molar-refractivity contribution in [1.82, 2.24) is 4.90 Å². The lowest BCUT2D eigenvalue weighted by atomic mass is 9.92. The van der Waals surface area contributed by atoms with Crippen molar-refractivity contribution in [3.63, 3.8) is 0 Å². The van der Waals surface area contributed by atoms with Gasteiger partial charge in [-0.1, -0.05) is 113 Å². The van der Waals surface area contributed by atoms with Crippen molar-refractivity contribution >= 4 is 23.7 Å². The predicted octanol–water partition coefficient (Wildman–Crippen LogP) is 8.56. The molecule has 0 saturated heterocycles. The van der Waals surface area contributed by atoms with Crippen molar-refractivity contribution in [1.29, 1.82) is 0 Å². The van der Waals surface area contributed by atoms with Crippen LogP contribution >= 0.6 is 0 Å². The summed E-state index contributed by atoms with van der Waals surface area (Å²) in [6.07, 6.45) is 13.8. The van der Waals surface area contributed by atoms with Crippen LogP contribution in [0, 0.1) is 17.8 Å². The van der Waals surface area contributed by atoms with E-state index in [1.165, 1.54) is 19.3 Å². The first-order valence-corrected chi connectivity index (χ1v) is 16.1. The molecule has 0 aliphatic carbocycles. The van der Waals surface area contributed by atoms with E-state index in [0.717, 1.165) is 70.4 Å². The number of carbonyl (C=O) groups is 4. The molecule has 0 radical (unpaired) electrons. The molecule has 0 rings (SSSR count). The van der Waals surface area contributed by atoms with Crippen LogP contribution in [0.25, 0.3) is 0 Å². The number of Topliss-reactive ketones (excluding diaryl/α,β-unsaturated/α-hetero) is 1. The molecule has 2 unspecified atom stereocenters. The molecule has 0 aliphatic rings. The summed E-state index contributed by atoms with van der Waals surface area (Å²) in [7, 11) is 0. The minimum Gasteiger partial charge on any atom is -0.481 e. The summed E-state index contributed by atoms with van der Waals surface area (Å²) in [4.78, 5) is 43.3. The summed E-state index contributed by atoms with van der Waals surface area (Å²) in [6, 6.07) is 0. The van der Waals surface area contributed by atoms with E-state index in [-0.39, 0.29) is 31.1 Å². The third kappa shape index (κ3) is 45.3. The van der Waals surface area contributed by atoms with Gasteiger partial charge in [0.1, 0.15) is 5.78 Å². The number of carboxylic acid groups (broad SMARTS) is 3. The van der Waals surface area contributed by atoms with Crippen LogP contribution in [0.4, 0.5) is 0 Å². The van der Waals surface area contributed by atoms with Crippen LogP contribution < -0.4 is 0 Å². The fraction of sp³-hybridized carbons (Fsp3) is 0.879. The quantitative estimate of drug-likeness (QED) is 0.113. The Morgan fingerprint density at radius 3 is 1.51 bits per heavy atom. The highest BCUT2D eigenvalue weighted by Gasteiger charge is 2.11. The Morgan fingerprint density at radius 1 is 0.610 bits per heavy atom. The Hall–Kier alpha value is -1.96. The highest BCUT2D eigenvalue weighted by molar-refractivity contribution is 5.75. The third-order valence-electron chi connectivity index (χ3n) is 6.74. The predicted molar refractivity (Wildman–Crippen MR) is 171 cm³/mol. The fourth-order valence-corrected chi connectivity index (χ4v) is 4.04. The fourth-order valence-electron chi connectivity index (χ4n) is 4.04. The zero-order chi connectivity index (χ0) is 32.6. The van der Waals surface area contributed by atoms with Gasteiger partial charge < -0.3 is 20.1 Å². The molecule has 8 heteroatoms. The normalized spacial score (nSPS) is 12.3. The lowest BCUT2D eigenvalue weighted by Crippen LogP contribution is -2.31. The maximum absolute atomic E-state index is 11.0. The number of unbranched alkanes of at least 4 members (excludes halogenated alkanes) is 2. The van der Waals surface area contributed by atoms with Gasteiger partial charge in [-0.2, -0.15) is 0 Å². The van der Waals surface area contributed by atoms with Gasteiger partial charge in [-0.25, -0.2) is 0 Å². The third-order valence-corrected chi connectivity index (χ3v) is 6.74. The molecule has 0 saturated carbocycles. The van der Waals surface area contributed by atoms with E-state index < -0.39 is 17.9 Å². The summed E-state index contributed by atoms with van der Waals surface area (Å²) >= 11 is 0. The van der Waals surface area contributed by atoms with Gasteiger partial charge in [0.25, 0.3) is 0 Å². The molecule has 0 aromatic heterocycles. The Kier molecular flexibility index (Phi) is 38.4. The molecule has 41 heavy (non-hydrogen) atoms. The zero-order valence-corrected chi connectivity index (χ0v) is 28.2. The first-order valence-electron chi connectivity index (χ1n) is 16.1. The smallest absolute Gasteiger partial charge is 0.317 e. The van der Waals surface area contributed by atoms with Gasteiger partial charge in [0, 0.05) is 19.3 Å². The van der Waals surface area contributed by atoms with Crippen LogP contribution in [0.3, 0.4) is 0 Å². The molecule has 0 bridgehead atoms. The Bertz CT molecular complexity index is 625. The van der Waals surface area contributed by atoms with Crippen molar-refractivity contribution in [3.8, 4) is 0 Å². The maximum Gasteiger partial charge on any atom is 0.317 e. The molecular formula is C33H67NO7. The second-order valence-electron chi connectivity index (χ2n) is 11.2. The Labute approximate surface area is 252 Å². The molecule has 0 fully saturated rings. The maximum atomic E-state index is 11.0. The van der Waals surface area contributed by atoms with E-state index in [1.54, 1.807) is 13.8 Å². The van der Waals surface area contributed by atoms with Gasteiger partial charge in [-0.05, 0) is 50.6 Å². The SMILES string of the molecule is CCC(=O)O.CCC(CCCCC(C)CC(=O)O)CC(C)=O.CCCCN(CCC)CC(=O)O.CCC[C@H](C)CC. The number of hydrogen-bond acceptors (Lipinski definition) is 5. The lowest BCUT2D eigenvalue weighted by molar-refractivity contribution is -0.139. The molecular weight excluding hydrogens is 522 g/mol. The molecule has 0 heterocycles. The summed E-state index contributed by atoms with van der Waals surface area (Å²) in [6.45, 7) is 20.3. The number of hydrogen-bond donors (Lipinski definition) is 3. The van der Waals surface area contributed by atoms with Gasteiger partial charge in [-0.3, -0.25) is 19.3 Å². The second kappa shape index (κ2) is 34.2. The van der Waals surface area contributed by atoms with Crippen LogP contribution in [0.5, 0.6) is 0 Å². The molecule has 0 spiro atoms. The van der Waals surface area contributed by atoms with Crippen molar-refractivity contribution in [2.75, 3.05) is 19.6 Å². The van der Waals surface area contributed by atoms with Crippen LogP contribution in [-0.4, -0.2) is 63.5 Å². The number of aliphatic carboxylic acids is 3. The van der Waals surface area contributed by atoms with Crippen LogP contribution in [0.1, 0.15) is 152 Å². The van der Waals surface area contributed by atoms with Crippen molar-refractivity contribution < 1.29 is 34.5 Å². The van der Waals surface area contributed by atoms with E-state index in [4.69, 9.17) is 15.3 Å². The summed E-state index contributed by atoms with van der Waals surface area (Å²) in [5.41, 5.74) is 0. The first kappa shape index (κ1) is 46.0. The Morgan fingerprint density at radius 2 is 1.17 bits per heavy atom. The van der Waals surface area contributed by atoms with Gasteiger partial charge in [0.2, 0.25) is 0 Å². The average molecular weight is 590 g/mol. The molecule has 3 atom stereocenters. The number of carbonyl (C=O) groups excluding carboxylic acids is 1. The lowest BCUT2D eigenvalue weighted by Gasteiger charge is -2.18. The van der Waals surface area contributed by atoms with Crippen LogP contribution in [-0.2, 0) is 19.2 Å². The Balaban J connectivity index is -0.000000247. The molecule has 0 amide bonds. The van der Waals surface area contributed by atoms with Gasteiger partial charge in [-0.15, -0.1) is 0 Å². The molecule has 246 valence electrons. The highest BCUT2D eigenvalue weighted by atomic mass is 16.4. The van der Waals surface area contributed by atoms with Gasteiger partial charge in [0.05, 0.1) is 6.54 Å². The van der Waals surface area contributed by atoms with E-state index in [0.29, 0.717) is 12.3 Å². The minimum absolute atomic E-state index is 0.188. The number of ketones is 1. The van der Waals surface area contributed by atoms with Crippen molar-refractivity contribution in [2.24, 2.45) is 17.8 Å². The minimum atomic E-state index is -0.745. The molecule has 0 aliphatic heterocycles. The second-order valence-corrected chi connectivity index (χ2v) is 11.2. The van der Waals surface area contributed by atoms with Gasteiger partial charge >= 0.3 is 17.9 Å². The summed E-state index contributed by atoms with van der Waals surface area (Å²) in [5.74, 6) is -0.172. The molecule has 8 nitrogen and oxygen atoms in total. The van der Waals surface area contributed by atoms with Crippen molar-refractivity contribution in [2.45, 2.75) is 152 Å². The summed E-state index contributed by atoms with van der Waals surface area (Å²) < 4.78 is 0. The topological polar surface area (TPSA) is 132 Å². The number of rotatable bonds is 21. The van der Waals surface area contributed by atoms with E-state index in [9.17, 15) is 19.2 Å². The number of nitrogens with zero attached hydrogens (tertiary/aromatic N) is 1. The van der Waals surface area contributed by atoms with Crippen molar-refractivity contribution in [3.05, 3.63) is 0 Å². The van der Waals surface area contributed by atoms with Crippen LogP contribution in [0.2, 0.25) is 0 Å². The van der Waals surface area contributed by atoms with E-state index in [1.807, 2.05) is 11.8 Å². The molecule has 3 N–H and O–H groups in total. The average Bonchev–Trinajstić information content (AvgIpc) is 2.89. The molecule has 0 aromatic carbocycles. The zero-order valence-electron chi connectivity index (χ0n) is 28.2. The number of carboxylic acids is 3. The summed E-state index contributed by atoms with van der Waals surface area (Å²) in [5, 5.41) is 24.9. The monoisotopic (exact) mass is 589 g/mol. The van der Waals surface area contributed by atoms with E-state index >= 15 is 0 Å².